The van der Waals surface area contributed by atoms with Crippen LogP contribution < -0.4 is 4.72 Å². The van der Waals surface area contributed by atoms with Gasteiger partial charge in [0.25, 0.3) is 0 Å². The van der Waals surface area contributed by atoms with Gasteiger partial charge >= 0.3 is 0 Å². The van der Waals surface area contributed by atoms with Gasteiger partial charge in [0.15, 0.2) is 6.26 Å². The van der Waals surface area contributed by atoms with Crippen molar-refractivity contribution in [1.29, 1.82) is 0 Å². The van der Waals surface area contributed by atoms with Gasteiger partial charge in [-0.1, -0.05) is 13.8 Å². The van der Waals surface area contributed by atoms with Gasteiger partial charge in [-0.3, -0.25) is 4.79 Å². The molecule has 7 heteroatoms. The molecule has 156 valence electrons. The number of ether oxygens (including phenoxy) is 2. The van der Waals surface area contributed by atoms with Crippen LogP contribution in [-0.4, -0.2) is 66.2 Å². The van der Waals surface area contributed by atoms with E-state index in [0.29, 0.717) is 25.9 Å². The second-order valence-corrected chi connectivity index (χ2v) is 9.98. The van der Waals surface area contributed by atoms with Gasteiger partial charge in [0.2, 0.25) is 17.3 Å². The number of amides is 1. The summed E-state index contributed by atoms with van der Waals surface area (Å²) >= 11 is -0.847. The summed E-state index contributed by atoms with van der Waals surface area (Å²) in [7, 11) is 0. The second kappa shape index (κ2) is 9.92. The Balaban J connectivity index is 1.58. The van der Waals surface area contributed by atoms with E-state index in [0.717, 1.165) is 44.1 Å². The Labute approximate surface area is 167 Å². The van der Waals surface area contributed by atoms with Crippen molar-refractivity contribution in [1.82, 2.24) is 9.62 Å². The van der Waals surface area contributed by atoms with E-state index in [2.05, 4.69) is 18.6 Å². The van der Waals surface area contributed by atoms with Gasteiger partial charge in [-0.15, -0.1) is 4.72 Å². The maximum Gasteiger partial charge on any atom is 0.231 e. The van der Waals surface area contributed by atoms with Crippen molar-refractivity contribution in [3.05, 3.63) is 0 Å². The summed E-state index contributed by atoms with van der Waals surface area (Å²) in [6, 6.07) is 0.0887. The summed E-state index contributed by atoms with van der Waals surface area (Å²) in [6.45, 7) is 7.05. The van der Waals surface area contributed by atoms with E-state index in [1.165, 1.54) is 12.8 Å². The van der Waals surface area contributed by atoms with Crippen molar-refractivity contribution in [3.8, 4) is 0 Å². The summed E-state index contributed by atoms with van der Waals surface area (Å²) in [5.41, 5.74) is 0. The predicted octanol–water partition coefficient (Wildman–Crippen LogP) is 2.45. The molecular weight excluding hydrogens is 364 g/mol. The summed E-state index contributed by atoms with van der Waals surface area (Å²) < 4.78 is 24.7. The van der Waals surface area contributed by atoms with Crippen molar-refractivity contribution in [3.63, 3.8) is 0 Å². The van der Waals surface area contributed by atoms with E-state index in [9.17, 15) is 9.35 Å². The zero-order chi connectivity index (χ0) is 19.4. The lowest BCUT2D eigenvalue weighted by Crippen LogP contribution is -2.61. The first-order valence-electron chi connectivity index (χ1n) is 10.6. The van der Waals surface area contributed by atoms with E-state index in [-0.39, 0.29) is 23.9 Å². The summed E-state index contributed by atoms with van der Waals surface area (Å²) in [5, 5.41) is 0. The first-order valence-corrected chi connectivity index (χ1v) is 12.2. The Morgan fingerprint density at radius 1 is 1.26 bits per heavy atom. The molecule has 2 aliphatic heterocycles. The molecule has 0 aromatic heterocycles. The maximum atomic E-state index is 12.9. The average molecular weight is 402 g/mol. The van der Waals surface area contributed by atoms with Crippen molar-refractivity contribution in [2.24, 2.45) is 17.8 Å². The van der Waals surface area contributed by atoms with Crippen LogP contribution in [0.5, 0.6) is 0 Å². The number of carbonyl (C=O) groups excluding carboxylic acids is 1. The number of rotatable bonds is 7. The molecule has 0 spiro atoms. The lowest BCUT2D eigenvalue weighted by Gasteiger charge is -2.43. The maximum absolute atomic E-state index is 12.9. The summed E-state index contributed by atoms with van der Waals surface area (Å²) in [4.78, 5) is 14.9. The number of likely N-dealkylation sites (tertiary alicyclic amines) is 1. The molecule has 2 saturated heterocycles. The molecule has 27 heavy (non-hydrogen) atoms. The third-order valence-electron chi connectivity index (χ3n) is 6.54. The van der Waals surface area contributed by atoms with Crippen LogP contribution >= 0.6 is 0 Å². The molecular formula is C20H37N2O4S+. The van der Waals surface area contributed by atoms with Crippen LogP contribution in [0.25, 0.3) is 0 Å². The number of hydrogen-bond donors (Lipinski definition) is 2. The van der Waals surface area contributed by atoms with E-state index < -0.39 is 11.4 Å². The van der Waals surface area contributed by atoms with Gasteiger partial charge < -0.3 is 14.4 Å². The third-order valence-corrected chi connectivity index (χ3v) is 7.18. The largest absolute Gasteiger partial charge is 0.380 e. The Bertz CT molecular complexity index is 479. The summed E-state index contributed by atoms with van der Waals surface area (Å²) in [6.07, 6.45) is 8.73. The molecule has 0 bridgehead atoms. The van der Waals surface area contributed by atoms with Gasteiger partial charge in [-0.05, 0) is 50.4 Å². The average Bonchev–Trinajstić information content (AvgIpc) is 2.58. The number of nitrogens with zero attached hydrogens (tertiary/aromatic N) is 1. The zero-order valence-corrected chi connectivity index (χ0v) is 17.9. The fraction of sp³-hybridized carbons (Fsp3) is 0.950. The fourth-order valence-electron chi connectivity index (χ4n) is 4.66. The zero-order valence-electron chi connectivity index (χ0n) is 17.1. The molecule has 3 unspecified atom stereocenters. The van der Waals surface area contributed by atoms with Gasteiger partial charge in [-0.25, -0.2) is 0 Å². The first kappa shape index (κ1) is 21.4. The van der Waals surface area contributed by atoms with Gasteiger partial charge in [0.05, 0.1) is 43.9 Å². The Morgan fingerprint density at radius 2 is 1.96 bits per heavy atom. The highest BCUT2D eigenvalue weighted by Gasteiger charge is 2.41. The van der Waals surface area contributed by atoms with Crippen molar-refractivity contribution in [2.75, 3.05) is 32.6 Å². The molecule has 1 saturated carbocycles. The molecule has 3 rings (SSSR count). The molecule has 2 N–H and O–H groups in total. The minimum atomic E-state index is -0.847. The van der Waals surface area contributed by atoms with Gasteiger partial charge in [0.1, 0.15) is 0 Å². The number of piperidine rings is 1. The number of carbonyl (C=O) groups is 1. The van der Waals surface area contributed by atoms with Crippen molar-refractivity contribution < 1.29 is 18.8 Å². The molecule has 1 aliphatic carbocycles. The number of nitrogens with one attached hydrogen (secondary N) is 1. The van der Waals surface area contributed by atoms with Gasteiger partial charge in [0, 0.05) is 6.54 Å². The SMILES string of the molecule is CC(C)C1CCC(OCC2C(N[S+](C)O)CCCN2C(=O)C2COC2)CC1. The Hall–Kier alpha value is -0.340. The molecule has 2 heterocycles. The molecule has 3 aliphatic rings. The highest BCUT2D eigenvalue weighted by atomic mass is 32.2. The topological polar surface area (TPSA) is 71.0 Å². The Kier molecular flexibility index (Phi) is 7.85. The van der Waals surface area contributed by atoms with E-state index in [4.69, 9.17) is 9.47 Å². The minimum Gasteiger partial charge on any atom is -0.380 e. The monoisotopic (exact) mass is 401 g/mol. The minimum absolute atomic E-state index is 0.00160. The molecule has 6 nitrogen and oxygen atoms in total. The van der Waals surface area contributed by atoms with Crippen LogP contribution in [0.15, 0.2) is 0 Å². The van der Waals surface area contributed by atoms with Crippen LogP contribution in [0.4, 0.5) is 0 Å². The lowest BCUT2D eigenvalue weighted by molar-refractivity contribution is -0.157. The lowest BCUT2D eigenvalue weighted by atomic mass is 9.80. The smallest absolute Gasteiger partial charge is 0.231 e. The van der Waals surface area contributed by atoms with Crippen LogP contribution in [0.1, 0.15) is 52.4 Å². The highest BCUT2D eigenvalue weighted by Crippen LogP contribution is 2.32. The molecule has 3 atom stereocenters. The highest BCUT2D eigenvalue weighted by molar-refractivity contribution is 7.88. The van der Waals surface area contributed by atoms with Crippen LogP contribution in [-0.2, 0) is 25.6 Å². The van der Waals surface area contributed by atoms with Crippen LogP contribution in [0, 0.1) is 17.8 Å². The quantitative estimate of drug-likeness (QED) is 0.641. The predicted molar refractivity (Wildman–Crippen MR) is 108 cm³/mol. The molecule has 1 amide bonds. The van der Waals surface area contributed by atoms with E-state index in [1.807, 2.05) is 4.90 Å². The fourth-order valence-corrected chi connectivity index (χ4v) is 5.38. The first-order chi connectivity index (χ1) is 13.0. The molecule has 0 radical (unpaired) electrons. The third kappa shape index (κ3) is 5.60. The second-order valence-electron chi connectivity index (χ2n) is 8.79. The normalized spacial score (nSPS) is 33.7. The van der Waals surface area contributed by atoms with E-state index >= 15 is 0 Å². The molecule has 0 aromatic rings. The van der Waals surface area contributed by atoms with Crippen LogP contribution in [0.2, 0.25) is 0 Å². The van der Waals surface area contributed by atoms with Crippen molar-refractivity contribution in [2.45, 2.75) is 70.6 Å². The summed E-state index contributed by atoms with van der Waals surface area (Å²) in [5.74, 6) is 1.77. The van der Waals surface area contributed by atoms with Gasteiger partial charge in [-0.2, -0.15) is 4.55 Å². The molecule has 0 aromatic carbocycles. The number of hydrogen-bond acceptors (Lipinski definition) is 5. The van der Waals surface area contributed by atoms with Crippen LogP contribution in [0.3, 0.4) is 0 Å². The molecule has 3 fully saturated rings. The standard InChI is InChI=1S/C20H37N2O4S/c1-14(2)15-6-8-17(9-7-15)26-13-19-18(21-27(3)24)5-4-10-22(19)20(23)16-11-25-12-16/h14-19,21,24H,4-13H2,1-3H3/q+1. The Morgan fingerprint density at radius 3 is 2.52 bits per heavy atom. The van der Waals surface area contributed by atoms with E-state index in [1.54, 1.807) is 6.26 Å². The van der Waals surface area contributed by atoms with Crippen molar-refractivity contribution >= 4 is 17.3 Å².